The van der Waals surface area contributed by atoms with Gasteiger partial charge in [0.25, 0.3) is 0 Å². The molecule has 0 aliphatic rings. The van der Waals surface area contributed by atoms with Crippen LogP contribution in [0.2, 0.25) is 0 Å². The highest BCUT2D eigenvalue weighted by atomic mass is 32.2. The summed E-state index contributed by atoms with van der Waals surface area (Å²) in [5, 5.41) is 8.53. The zero-order chi connectivity index (χ0) is 15.5. The molecule has 0 spiro atoms. The van der Waals surface area contributed by atoms with Crippen LogP contribution in [0.1, 0.15) is 18.5 Å². The average molecular weight is 322 g/mol. The van der Waals surface area contributed by atoms with Crippen molar-refractivity contribution in [3.05, 3.63) is 54.1 Å². The lowest BCUT2D eigenvalue weighted by atomic mass is 10.1. The molecule has 0 saturated carbocycles. The molecule has 0 aliphatic heterocycles. The van der Waals surface area contributed by atoms with Gasteiger partial charge in [-0.05, 0) is 49.1 Å². The Kier molecular flexibility index (Phi) is 4.92. The molecule has 0 radical (unpaired) electrons. The van der Waals surface area contributed by atoms with Crippen molar-refractivity contribution in [2.24, 2.45) is 5.14 Å². The topological polar surface area (TPSA) is 72.2 Å². The molecule has 0 aliphatic carbocycles. The molecule has 0 aromatic heterocycles. The van der Waals surface area contributed by atoms with E-state index in [9.17, 15) is 8.42 Å². The molecule has 0 fully saturated rings. The molecule has 0 saturated heterocycles. The third-order valence-corrected chi connectivity index (χ3v) is 4.78. The Labute approximate surface area is 129 Å². The Morgan fingerprint density at radius 2 is 1.86 bits per heavy atom. The van der Waals surface area contributed by atoms with Crippen LogP contribution in [0.4, 0.5) is 5.69 Å². The van der Waals surface area contributed by atoms with Gasteiger partial charge in [-0.25, -0.2) is 13.6 Å². The minimum atomic E-state index is -3.67. The molecule has 1 atom stereocenters. The van der Waals surface area contributed by atoms with Crippen molar-refractivity contribution in [2.45, 2.75) is 22.8 Å². The number of hydrogen-bond acceptors (Lipinski definition) is 4. The summed E-state index contributed by atoms with van der Waals surface area (Å²) in [5.41, 5.74) is 1.87. The first-order chi connectivity index (χ1) is 9.90. The number of nitrogens with two attached hydrogens (primary N) is 1. The SMILES string of the molecule is CSc1cccc(NC(C)c2cccc(S(N)(=O)=O)c2)c1. The van der Waals surface area contributed by atoms with Crippen molar-refractivity contribution in [2.75, 3.05) is 11.6 Å². The number of rotatable bonds is 5. The number of hydrogen-bond donors (Lipinski definition) is 2. The molecule has 6 heteroatoms. The van der Waals surface area contributed by atoms with Crippen LogP contribution in [0.25, 0.3) is 0 Å². The van der Waals surface area contributed by atoms with Gasteiger partial charge in [0, 0.05) is 16.6 Å². The molecule has 2 aromatic carbocycles. The Morgan fingerprint density at radius 1 is 1.14 bits per heavy atom. The molecule has 1 unspecified atom stereocenters. The van der Waals surface area contributed by atoms with Crippen LogP contribution >= 0.6 is 11.8 Å². The summed E-state index contributed by atoms with van der Waals surface area (Å²) in [6.45, 7) is 1.98. The minimum Gasteiger partial charge on any atom is -0.378 e. The smallest absolute Gasteiger partial charge is 0.238 e. The van der Waals surface area contributed by atoms with E-state index in [1.807, 2.05) is 37.4 Å². The van der Waals surface area contributed by atoms with Gasteiger partial charge in [-0.1, -0.05) is 18.2 Å². The standard InChI is InChI=1S/C15H18N2O2S2/c1-11(17-13-6-4-7-14(10-13)20-2)12-5-3-8-15(9-12)21(16,18)19/h3-11,17H,1-2H3,(H2,16,18,19). The predicted octanol–water partition coefficient (Wildman–Crippen LogP) is 3.23. The maximum Gasteiger partial charge on any atom is 0.238 e. The normalized spacial score (nSPS) is 12.9. The summed E-state index contributed by atoms with van der Waals surface area (Å²) in [4.78, 5) is 1.30. The second-order valence-corrected chi connectivity index (χ2v) is 7.16. The van der Waals surface area contributed by atoms with E-state index in [2.05, 4.69) is 11.4 Å². The van der Waals surface area contributed by atoms with Crippen LogP contribution in [0.5, 0.6) is 0 Å². The molecule has 2 rings (SSSR count). The molecule has 112 valence electrons. The fourth-order valence-corrected chi connectivity index (χ4v) is 3.04. The summed E-state index contributed by atoms with van der Waals surface area (Å²) < 4.78 is 22.8. The van der Waals surface area contributed by atoms with Crippen LogP contribution < -0.4 is 10.5 Å². The van der Waals surface area contributed by atoms with Gasteiger partial charge in [0.15, 0.2) is 0 Å². The van der Waals surface area contributed by atoms with Gasteiger partial charge in [0.2, 0.25) is 10.0 Å². The number of anilines is 1. The lowest BCUT2D eigenvalue weighted by Gasteiger charge is -2.17. The van der Waals surface area contributed by atoms with Crippen LogP contribution in [0, 0.1) is 0 Å². The van der Waals surface area contributed by atoms with Crippen molar-refractivity contribution in [3.63, 3.8) is 0 Å². The highest BCUT2D eigenvalue weighted by molar-refractivity contribution is 7.98. The fraction of sp³-hybridized carbons (Fsp3) is 0.200. The third-order valence-electron chi connectivity index (χ3n) is 3.14. The maximum atomic E-state index is 11.4. The third kappa shape index (κ3) is 4.23. The Balaban J connectivity index is 2.22. The molecular weight excluding hydrogens is 304 g/mol. The minimum absolute atomic E-state index is 0.0243. The van der Waals surface area contributed by atoms with Gasteiger partial charge in [0.05, 0.1) is 4.90 Å². The van der Waals surface area contributed by atoms with Crippen molar-refractivity contribution in [3.8, 4) is 0 Å². The number of benzene rings is 2. The molecular formula is C15H18N2O2S2. The number of thioether (sulfide) groups is 1. The van der Waals surface area contributed by atoms with Crippen molar-refractivity contribution in [1.82, 2.24) is 0 Å². The second kappa shape index (κ2) is 6.51. The zero-order valence-electron chi connectivity index (χ0n) is 11.9. The molecule has 0 amide bonds. The average Bonchev–Trinajstić information content (AvgIpc) is 2.46. The molecule has 21 heavy (non-hydrogen) atoms. The van der Waals surface area contributed by atoms with E-state index in [1.165, 1.54) is 11.0 Å². The van der Waals surface area contributed by atoms with E-state index in [4.69, 9.17) is 5.14 Å². The predicted molar refractivity (Wildman–Crippen MR) is 88.1 cm³/mol. The molecule has 4 nitrogen and oxygen atoms in total. The number of nitrogens with one attached hydrogen (secondary N) is 1. The lowest BCUT2D eigenvalue weighted by molar-refractivity contribution is 0.597. The summed E-state index contributed by atoms with van der Waals surface area (Å²) in [7, 11) is -3.67. The first-order valence-electron chi connectivity index (χ1n) is 6.43. The number of sulfonamides is 1. The quantitative estimate of drug-likeness (QED) is 0.829. The first-order valence-corrected chi connectivity index (χ1v) is 9.20. The van der Waals surface area contributed by atoms with E-state index in [0.717, 1.165) is 11.3 Å². The lowest BCUT2D eigenvalue weighted by Crippen LogP contribution is -2.13. The Bertz CT molecular complexity index is 730. The number of primary sulfonamides is 1. The van der Waals surface area contributed by atoms with Gasteiger partial charge in [0.1, 0.15) is 0 Å². The summed E-state index contributed by atoms with van der Waals surface area (Å²) in [5.74, 6) is 0. The largest absolute Gasteiger partial charge is 0.378 e. The molecule has 0 bridgehead atoms. The Hall–Kier alpha value is -1.50. The first kappa shape index (κ1) is 15.9. The van der Waals surface area contributed by atoms with Gasteiger partial charge in [-0.2, -0.15) is 0 Å². The van der Waals surface area contributed by atoms with E-state index in [-0.39, 0.29) is 10.9 Å². The van der Waals surface area contributed by atoms with Crippen LogP contribution in [0.15, 0.2) is 58.3 Å². The van der Waals surface area contributed by atoms with Crippen molar-refractivity contribution in [1.29, 1.82) is 0 Å². The zero-order valence-corrected chi connectivity index (χ0v) is 13.5. The molecule has 2 aromatic rings. The van der Waals surface area contributed by atoms with E-state index in [1.54, 1.807) is 23.9 Å². The van der Waals surface area contributed by atoms with E-state index < -0.39 is 10.0 Å². The Morgan fingerprint density at radius 3 is 2.52 bits per heavy atom. The van der Waals surface area contributed by atoms with Gasteiger partial charge in [-0.15, -0.1) is 11.8 Å². The van der Waals surface area contributed by atoms with Gasteiger partial charge in [-0.3, -0.25) is 0 Å². The van der Waals surface area contributed by atoms with Gasteiger partial charge < -0.3 is 5.32 Å². The van der Waals surface area contributed by atoms with Crippen LogP contribution in [0.3, 0.4) is 0 Å². The highest BCUT2D eigenvalue weighted by Gasteiger charge is 2.11. The fourth-order valence-electron chi connectivity index (χ4n) is 2.01. The maximum absolute atomic E-state index is 11.4. The summed E-state index contributed by atoms with van der Waals surface area (Å²) >= 11 is 1.68. The van der Waals surface area contributed by atoms with E-state index >= 15 is 0 Å². The highest BCUT2D eigenvalue weighted by Crippen LogP contribution is 2.24. The van der Waals surface area contributed by atoms with Crippen molar-refractivity contribution >= 4 is 27.5 Å². The van der Waals surface area contributed by atoms with Crippen LogP contribution in [-0.2, 0) is 10.0 Å². The summed E-state index contributed by atoms with van der Waals surface area (Å²) in [6, 6.07) is 14.7. The monoisotopic (exact) mass is 322 g/mol. The van der Waals surface area contributed by atoms with Crippen molar-refractivity contribution < 1.29 is 8.42 Å². The summed E-state index contributed by atoms with van der Waals surface area (Å²) in [6.07, 6.45) is 2.03. The molecule has 3 N–H and O–H groups in total. The van der Waals surface area contributed by atoms with Gasteiger partial charge >= 0.3 is 0 Å². The van der Waals surface area contributed by atoms with E-state index in [0.29, 0.717) is 0 Å². The van der Waals surface area contributed by atoms with Crippen LogP contribution in [-0.4, -0.2) is 14.7 Å². The molecule has 0 heterocycles. The second-order valence-electron chi connectivity index (χ2n) is 4.72.